The van der Waals surface area contributed by atoms with E-state index in [1.807, 2.05) is 15.9 Å². The molecule has 1 N–H and O–H groups in total. The van der Waals surface area contributed by atoms with Gasteiger partial charge in [0.1, 0.15) is 0 Å². The fourth-order valence-electron chi connectivity index (χ4n) is 3.74. The van der Waals surface area contributed by atoms with Crippen molar-refractivity contribution in [2.75, 3.05) is 39.3 Å². The largest absolute Gasteiger partial charge is 0.357 e. The average Bonchev–Trinajstić information content (AvgIpc) is 3.10. The Balaban J connectivity index is 1.62. The second-order valence-electron chi connectivity index (χ2n) is 7.40. The third-order valence-electron chi connectivity index (χ3n) is 5.31. The van der Waals surface area contributed by atoms with Gasteiger partial charge in [-0.2, -0.15) is 0 Å². The number of nitrogens with one attached hydrogen (secondary N) is 1. The van der Waals surface area contributed by atoms with Crippen molar-refractivity contribution in [2.45, 2.75) is 39.8 Å². The van der Waals surface area contributed by atoms with E-state index < -0.39 is 0 Å². The summed E-state index contributed by atoms with van der Waals surface area (Å²) in [5.74, 6) is 1.28. The molecule has 2 saturated heterocycles. The summed E-state index contributed by atoms with van der Waals surface area (Å²) >= 11 is 0. The highest BCUT2D eigenvalue weighted by Crippen LogP contribution is 2.15. The van der Waals surface area contributed by atoms with E-state index in [4.69, 9.17) is 4.99 Å². The predicted octanol–water partition coefficient (Wildman–Crippen LogP) is 1.44. The summed E-state index contributed by atoms with van der Waals surface area (Å²) in [4.78, 5) is 34.2. The minimum absolute atomic E-state index is 0.134. The fraction of sp³-hybridized carbons (Fsp3) is 0.571. The van der Waals surface area contributed by atoms with Crippen molar-refractivity contribution in [3.8, 4) is 0 Å². The van der Waals surface area contributed by atoms with Gasteiger partial charge in [0.15, 0.2) is 5.96 Å². The number of carbonyl (C=O) groups excluding carboxylic acids is 2. The molecule has 0 unspecified atom stereocenters. The van der Waals surface area contributed by atoms with Gasteiger partial charge in [0.05, 0.1) is 6.54 Å². The van der Waals surface area contributed by atoms with Crippen LogP contribution in [0.5, 0.6) is 0 Å². The van der Waals surface area contributed by atoms with Crippen LogP contribution in [0, 0.1) is 0 Å². The number of hydrogen-bond donors (Lipinski definition) is 1. The highest BCUT2D eigenvalue weighted by molar-refractivity contribution is 5.80. The van der Waals surface area contributed by atoms with Crippen LogP contribution in [0.3, 0.4) is 0 Å². The number of likely N-dealkylation sites (tertiary alicyclic amines) is 1. The average molecular weight is 386 g/mol. The van der Waals surface area contributed by atoms with Crippen molar-refractivity contribution in [1.82, 2.24) is 20.0 Å². The van der Waals surface area contributed by atoms with Crippen LogP contribution in [-0.2, 0) is 22.7 Å². The van der Waals surface area contributed by atoms with Crippen molar-refractivity contribution in [2.24, 2.45) is 4.99 Å². The monoisotopic (exact) mass is 385 g/mol. The van der Waals surface area contributed by atoms with Gasteiger partial charge in [-0.25, -0.2) is 4.99 Å². The lowest BCUT2D eigenvalue weighted by molar-refractivity contribution is -0.130. The fourth-order valence-corrected chi connectivity index (χ4v) is 3.74. The van der Waals surface area contributed by atoms with Gasteiger partial charge >= 0.3 is 0 Å². The zero-order valence-corrected chi connectivity index (χ0v) is 17.0. The number of piperazine rings is 1. The first-order chi connectivity index (χ1) is 13.6. The van der Waals surface area contributed by atoms with Crippen LogP contribution in [0.15, 0.2) is 29.3 Å². The Morgan fingerprint density at radius 2 is 1.82 bits per heavy atom. The molecule has 1 aromatic rings. The lowest BCUT2D eigenvalue weighted by atomic mass is 10.1. The first kappa shape index (κ1) is 20.2. The van der Waals surface area contributed by atoms with Crippen molar-refractivity contribution in [3.63, 3.8) is 0 Å². The van der Waals surface area contributed by atoms with Crippen molar-refractivity contribution in [3.05, 3.63) is 35.4 Å². The van der Waals surface area contributed by atoms with E-state index >= 15 is 0 Å². The van der Waals surface area contributed by atoms with E-state index in [0.717, 1.165) is 62.8 Å². The Bertz CT molecular complexity index is 725. The van der Waals surface area contributed by atoms with Crippen LogP contribution in [-0.4, -0.2) is 71.7 Å². The van der Waals surface area contributed by atoms with Gasteiger partial charge in [-0.15, -0.1) is 0 Å². The highest BCUT2D eigenvalue weighted by atomic mass is 16.2. The third kappa shape index (κ3) is 5.24. The Morgan fingerprint density at radius 3 is 2.46 bits per heavy atom. The Morgan fingerprint density at radius 1 is 1.11 bits per heavy atom. The van der Waals surface area contributed by atoms with Gasteiger partial charge < -0.3 is 20.0 Å². The number of nitrogens with zero attached hydrogens (tertiary/aromatic N) is 4. The Labute approximate surface area is 167 Å². The molecule has 0 aliphatic carbocycles. The number of amides is 2. The molecule has 0 bridgehead atoms. The lowest BCUT2D eigenvalue weighted by Crippen LogP contribution is -2.53. The smallest absolute Gasteiger partial charge is 0.222 e. The van der Waals surface area contributed by atoms with Crippen molar-refractivity contribution < 1.29 is 9.59 Å². The quantitative estimate of drug-likeness (QED) is 0.615. The molecule has 1 aromatic carbocycles. The SMILES string of the molecule is CCNC(=NCc1cccc(CN2CCCC2=O)c1)N1CCN(C(C)=O)CC1. The first-order valence-corrected chi connectivity index (χ1v) is 10.2. The summed E-state index contributed by atoms with van der Waals surface area (Å²) < 4.78 is 0. The van der Waals surface area contributed by atoms with E-state index in [2.05, 4.69) is 35.3 Å². The lowest BCUT2D eigenvalue weighted by Gasteiger charge is -2.36. The molecule has 0 aromatic heterocycles. The molecule has 7 heteroatoms. The number of hydrogen-bond acceptors (Lipinski definition) is 3. The third-order valence-corrected chi connectivity index (χ3v) is 5.31. The van der Waals surface area contributed by atoms with Gasteiger partial charge in [-0.05, 0) is 24.5 Å². The maximum Gasteiger partial charge on any atom is 0.222 e. The van der Waals surface area contributed by atoms with Crippen LogP contribution < -0.4 is 5.32 Å². The number of guanidine groups is 1. The van der Waals surface area contributed by atoms with Crippen LogP contribution in [0.25, 0.3) is 0 Å². The second-order valence-corrected chi connectivity index (χ2v) is 7.40. The van der Waals surface area contributed by atoms with Gasteiger partial charge in [-0.3, -0.25) is 9.59 Å². The minimum Gasteiger partial charge on any atom is -0.357 e. The molecule has 2 fully saturated rings. The maximum absolute atomic E-state index is 11.9. The van der Waals surface area contributed by atoms with E-state index in [9.17, 15) is 9.59 Å². The summed E-state index contributed by atoms with van der Waals surface area (Å²) in [5, 5.41) is 3.37. The zero-order chi connectivity index (χ0) is 19.9. The molecule has 0 spiro atoms. The van der Waals surface area contributed by atoms with Gasteiger partial charge in [-0.1, -0.05) is 24.3 Å². The van der Waals surface area contributed by atoms with Crippen molar-refractivity contribution in [1.29, 1.82) is 0 Å². The molecule has 152 valence electrons. The molecule has 0 atom stereocenters. The molecule has 0 saturated carbocycles. The minimum atomic E-state index is 0.134. The number of aliphatic imine (C=N–C) groups is 1. The van der Waals surface area contributed by atoms with E-state index in [-0.39, 0.29) is 11.8 Å². The van der Waals surface area contributed by atoms with Gasteiger partial charge in [0.2, 0.25) is 11.8 Å². The first-order valence-electron chi connectivity index (χ1n) is 10.2. The predicted molar refractivity (Wildman–Crippen MR) is 110 cm³/mol. The van der Waals surface area contributed by atoms with Crippen LogP contribution in [0.4, 0.5) is 0 Å². The van der Waals surface area contributed by atoms with E-state index in [0.29, 0.717) is 19.5 Å². The zero-order valence-electron chi connectivity index (χ0n) is 17.0. The topological polar surface area (TPSA) is 68.2 Å². The highest BCUT2D eigenvalue weighted by Gasteiger charge is 2.21. The van der Waals surface area contributed by atoms with Crippen LogP contribution in [0.1, 0.15) is 37.8 Å². The molecule has 2 heterocycles. The summed E-state index contributed by atoms with van der Waals surface area (Å²) in [6.45, 7) is 9.69. The van der Waals surface area contributed by atoms with Crippen molar-refractivity contribution >= 4 is 17.8 Å². The molecule has 2 amide bonds. The Kier molecular flexibility index (Phi) is 6.90. The molecule has 2 aliphatic rings. The number of carbonyl (C=O) groups is 2. The van der Waals surface area contributed by atoms with Gasteiger partial charge in [0, 0.05) is 59.2 Å². The summed E-state index contributed by atoms with van der Waals surface area (Å²) in [7, 11) is 0. The van der Waals surface area contributed by atoms with E-state index in [1.54, 1.807) is 6.92 Å². The standard InChI is InChI=1S/C21H31N5O2/c1-3-22-21(25-12-10-24(11-13-25)17(2)27)23-15-18-6-4-7-19(14-18)16-26-9-5-8-20(26)28/h4,6-7,14H,3,5,8-13,15-16H2,1-2H3,(H,22,23). The molecule has 28 heavy (non-hydrogen) atoms. The number of benzene rings is 1. The molecular formula is C21H31N5O2. The normalized spacial score (nSPS) is 18.0. The maximum atomic E-state index is 11.9. The molecule has 3 rings (SSSR count). The van der Waals surface area contributed by atoms with Crippen LogP contribution in [0.2, 0.25) is 0 Å². The summed E-state index contributed by atoms with van der Waals surface area (Å²) in [6, 6.07) is 8.34. The molecule has 0 radical (unpaired) electrons. The number of rotatable bonds is 5. The second kappa shape index (κ2) is 9.57. The molecular weight excluding hydrogens is 354 g/mol. The Hall–Kier alpha value is -2.57. The molecule has 2 aliphatic heterocycles. The van der Waals surface area contributed by atoms with Crippen LogP contribution >= 0.6 is 0 Å². The van der Waals surface area contributed by atoms with E-state index in [1.165, 1.54) is 0 Å². The molecule has 7 nitrogen and oxygen atoms in total. The van der Waals surface area contributed by atoms with Gasteiger partial charge in [0.25, 0.3) is 0 Å². The summed E-state index contributed by atoms with van der Waals surface area (Å²) in [6.07, 6.45) is 1.64. The summed E-state index contributed by atoms with van der Waals surface area (Å²) in [5.41, 5.74) is 2.30.